The highest BCUT2D eigenvalue weighted by molar-refractivity contribution is 6.13. The molecule has 3 N–H and O–H groups in total. The molecule has 1 atom stereocenters. The first kappa shape index (κ1) is 21.8. The van der Waals surface area contributed by atoms with Crippen LogP contribution in [0.2, 0.25) is 0 Å². The van der Waals surface area contributed by atoms with Crippen molar-refractivity contribution in [2.45, 2.75) is 12.3 Å². The molecule has 8 nitrogen and oxygen atoms in total. The fraction of sp³-hybridized carbons (Fsp3) is 0.421. The van der Waals surface area contributed by atoms with Crippen LogP contribution < -0.4 is 15.4 Å². The van der Waals surface area contributed by atoms with Crippen molar-refractivity contribution in [2.75, 3.05) is 50.7 Å². The van der Waals surface area contributed by atoms with Gasteiger partial charge in [-0.2, -0.15) is 13.2 Å². The molecule has 0 amide bonds. The molecule has 1 unspecified atom stereocenters. The van der Waals surface area contributed by atoms with Gasteiger partial charge in [0.05, 0.1) is 31.2 Å². The summed E-state index contributed by atoms with van der Waals surface area (Å²) >= 11 is 0. The van der Waals surface area contributed by atoms with Gasteiger partial charge in [0, 0.05) is 31.0 Å². The zero-order chi connectivity index (χ0) is 21.7. The zero-order valence-corrected chi connectivity index (χ0v) is 16.3. The number of alkyl halides is 3. The van der Waals surface area contributed by atoms with Gasteiger partial charge in [-0.1, -0.05) is 0 Å². The van der Waals surface area contributed by atoms with Crippen molar-refractivity contribution in [1.29, 1.82) is 5.41 Å². The lowest BCUT2D eigenvalue weighted by Crippen LogP contribution is -2.49. The maximum Gasteiger partial charge on any atom is 0.416 e. The lowest BCUT2D eigenvalue weighted by molar-refractivity contribution is -0.221. The van der Waals surface area contributed by atoms with Gasteiger partial charge >= 0.3 is 6.18 Å². The van der Waals surface area contributed by atoms with Crippen LogP contribution in [0, 0.1) is 5.41 Å². The summed E-state index contributed by atoms with van der Waals surface area (Å²) in [4.78, 5) is 9.63. The maximum absolute atomic E-state index is 13.0. The Morgan fingerprint density at radius 1 is 1.30 bits per heavy atom. The second kappa shape index (κ2) is 9.26. The molecule has 11 heteroatoms. The molecule has 1 aromatic heterocycles. The van der Waals surface area contributed by atoms with Gasteiger partial charge in [0.1, 0.15) is 24.5 Å². The van der Waals surface area contributed by atoms with Gasteiger partial charge in [-0.05, 0) is 18.2 Å². The average Bonchev–Trinajstić information content (AvgIpc) is 2.74. The van der Waals surface area contributed by atoms with Gasteiger partial charge in [0.25, 0.3) is 0 Å². The molecule has 1 aliphatic rings. The van der Waals surface area contributed by atoms with E-state index in [9.17, 15) is 13.2 Å². The Kier molecular flexibility index (Phi) is 6.73. The monoisotopic (exact) mass is 425 g/mol. The largest absolute Gasteiger partial charge is 0.491 e. The average molecular weight is 425 g/mol. The summed E-state index contributed by atoms with van der Waals surface area (Å²) in [5, 5.41) is 8.50. The molecule has 3 rings (SSSR count). The molecule has 162 valence electrons. The Hall–Kier alpha value is -2.92. The normalized spacial score (nSPS) is 17.1. The van der Waals surface area contributed by atoms with Crippen LogP contribution in [0.5, 0.6) is 5.75 Å². The van der Waals surface area contributed by atoms with E-state index in [2.05, 4.69) is 9.97 Å². The second-order valence-electron chi connectivity index (χ2n) is 6.57. The van der Waals surface area contributed by atoms with E-state index in [0.717, 1.165) is 0 Å². The number of nitrogens with zero attached hydrogens (tertiary/aromatic N) is 3. The molecule has 0 radical (unpaired) electrons. The van der Waals surface area contributed by atoms with Crippen LogP contribution in [0.15, 0.2) is 30.6 Å². The smallest absolute Gasteiger partial charge is 0.416 e. The predicted molar refractivity (Wildman–Crippen MR) is 104 cm³/mol. The number of ether oxygens (including phenoxy) is 3. The van der Waals surface area contributed by atoms with E-state index >= 15 is 0 Å². The molecular weight excluding hydrogens is 403 g/mol. The van der Waals surface area contributed by atoms with Crippen molar-refractivity contribution in [3.63, 3.8) is 0 Å². The topological polar surface area (TPSA) is 107 Å². The number of hydrogen-bond acceptors (Lipinski definition) is 8. The lowest BCUT2D eigenvalue weighted by Gasteiger charge is -2.34. The van der Waals surface area contributed by atoms with Crippen LogP contribution in [-0.2, 0) is 9.47 Å². The number of benzene rings is 1. The van der Waals surface area contributed by atoms with Crippen molar-refractivity contribution >= 4 is 17.2 Å². The number of morpholine rings is 1. The Labute approximate surface area is 171 Å². The van der Waals surface area contributed by atoms with Gasteiger partial charge < -0.3 is 24.8 Å². The minimum atomic E-state index is -4.46. The summed E-state index contributed by atoms with van der Waals surface area (Å²) in [7, 11) is 1.56. The number of halogens is 3. The maximum atomic E-state index is 13.0. The van der Waals surface area contributed by atoms with Crippen LogP contribution >= 0.6 is 0 Å². The summed E-state index contributed by atoms with van der Waals surface area (Å²) in [5.41, 5.74) is 7.00. The van der Waals surface area contributed by atoms with Gasteiger partial charge in [-0.25, -0.2) is 9.97 Å². The molecule has 0 bridgehead atoms. The van der Waals surface area contributed by atoms with E-state index in [1.807, 2.05) is 0 Å². The molecule has 0 aliphatic carbocycles. The summed E-state index contributed by atoms with van der Waals surface area (Å²) in [5.74, 6) is 0.796. The van der Waals surface area contributed by atoms with Crippen molar-refractivity contribution in [3.8, 4) is 5.75 Å². The van der Waals surface area contributed by atoms with Crippen LogP contribution in [0.1, 0.15) is 11.3 Å². The van der Waals surface area contributed by atoms with E-state index in [1.54, 1.807) is 25.3 Å². The molecule has 2 heterocycles. The first-order valence-corrected chi connectivity index (χ1v) is 9.15. The number of hydrogen-bond donors (Lipinski definition) is 2. The fourth-order valence-corrected chi connectivity index (χ4v) is 2.93. The van der Waals surface area contributed by atoms with Crippen molar-refractivity contribution in [3.05, 3.63) is 41.9 Å². The van der Waals surface area contributed by atoms with Crippen molar-refractivity contribution in [2.24, 2.45) is 0 Å². The Morgan fingerprint density at radius 2 is 2.10 bits per heavy atom. The fourth-order valence-electron chi connectivity index (χ4n) is 2.93. The summed E-state index contributed by atoms with van der Waals surface area (Å²) in [6, 6.07) is 6.38. The highest BCUT2D eigenvalue weighted by Crippen LogP contribution is 2.28. The van der Waals surface area contributed by atoms with E-state index in [1.165, 1.54) is 17.3 Å². The van der Waals surface area contributed by atoms with Gasteiger partial charge in [-0.3, -0.25) is 5.41 Å². The first-order valence-electron chi connectivity index (χ1n) is 9.15. The van der Waals surface area contributed by atoms with Gasteiger partial charge in [0.2, 0.25) is 0 Å². The van der Waals surface area contributed by atoms with E-state index in [-0.39, 0.29) is 36.9 Å². The molecule has 1 saturated heterocycles. The number of nitrogen functional groups attached to an aromatic ring is 1. The van der Waals surface area contributed by atoms with Crippen LogP contribution in [-0.4, -0.2) is 68.0 Å². The molecule has 0 saturated carbocycles. The molecule has 2 aromatic rings. The molecule has 1 aromatic carbocycles. The number of rotatable bonds is 7. The van der Waals surface area contributed by atoms with Crippen LogP contribution in [0.4, 0.5) is 24.7 Å². The first-order chi connectivity index (χ1) is 14.3. The SMILES string of the molecule is COCCOc1ccc(N)c(C(=N)c2cc(N3CCOC(C(F)(F)F)C3)ncn2)c1. The number of aromatic nitrogens is 2. The van der Waals surface area contributed by atoms with Crippen LogP contribution in [0.25, 0.3) is 0 Å². The molecule has 0 spiro atoms. The summed E-state index contributed by atoms with van der Waals surface area (Å²) in [6.07, 6.45) is -5.13. The molecular formula is C19H22F3N5O3. The number of methoxy groups -OCH3 is 1. The predicted octanol–water partition coefficient (Wildman–Crippen LogP) is 2.27. The van der Waals surface area contributed by atoms with Gasteiger partial charge in [0.15, 0.2) is 6.10 Å². The molecule has 30 heavy (non-hydrogen) atoms. The summed E-state index contributed by atoms with van der Waals surface area (Å²) in [6.45, 7) is 0.543. The van der Waals surface area contributed by atoms with E-state index < -0.39 is 12.3 Å². The minimum absolute atomic E-state index is 0.00831. The quantitative estimate of drug-likeness (QED) is 0.398. The number of anilines is 2. The second-order valence-corrected chi connectivity index (χ2v) is 6.57. The Balaban J connectivity index is 1.80. The van der Waals surface area contributed by atoms with Crippen LogP contribution in [0.3, 0.4) is 0 Å². The lowest BCUT2D eigenvalue weighted by atomic mass is 10.0. The minimum Gasteiger partial charge on any atom is -0.491 e. The van der Waals surface area contributed by atoms with Gasteiger partial charge in [-0.15, -0.1) is 0 Å². The standard InChI is InChI=1S/C19H22F3N5O3/c1-28-6-7-29-12-2-3-14(23)13(8-12)18(24)15-9-17(26-11-25-15)27-4-5-30-16(10-27)19(20,21)22/h2-3,8-9,11,16,24H,4-7,10,23H2,1H3. The van der Waals surface area contributed by atoms with Crippen molar-refractivity contribution < 1.29 is 27.4 Å². The third-order valence-electron chi connectivity index (χ3n) is 4.51. The summed E-state index contributed by atoms with van der Waals surface area (Å²) < 4.78 is 54.3. The third-order valence-corrected chi connectivity index (χ3v) is 4.51. The Morgan fingerprint density at radius 3 is 2.83 bits per heavy atom. The van der Waals surface area contributed by atoms with E-state index in [0.29, 0.717) is 30.2 Å². The highest BCUT2D eigenvalue weighted by Gasteiger charge is 2.43. The molecule has 1 fully saturated rings. The number of nitrogens with one attached hydrogen (secondary N) is 1. The Bertz CT molecular complexity index is 894. The van der Waals surface area contributed by atoms with Crippen molar-refractivity contribution in [1.82, 2.24) is 9.97 Å². The van der Waals surface area contributed by atoms with E-state index in [4.69, 9.17) is 25.4 Å². The third kappa shape index (κ3) is 5.16. The zero-order valence-electron chi connectivity index (χ0n) is 16.3. The number of nitrogens with two attached hydrogens (primary N) is 1. The highest BCUT2D eigenvalue weighted by atomic mass is 19.4. The molecule has 1 aliphatic heterocycles.